The zero-order chi connectivity index (χ0) is 24.0. The second kappa shape index (κ2) is 9.04. The highest BCUT2D eigenvalue weighted by Crippen LogP contribution is 2.50. The Balaban J connectivity index is 1.67. The van der Waals surface area contributed by atoms with Crippen molar-refractivity contribution in [2.45, 2.75) is 76.6 Å². The van der Waals surface area contributed by atoms with Crippen molar-refractivity contribution < 1.29 is 14.4 Å². The van der Waals surface area contributed by atoms with Crippen LogP contribution in [0.1, 0.15) is 52.0 Å². The summed E-state index contributed by atoms with van der Waals surface area (Å²) < 4.78 is 0. The Morgan fingerprint density at radius 2 is 1.41 bits per heavy atom. The Bertz CT molecular complexity index is 1040. The summed E-state index contributed by atoms with van der Waals surface area (Å²) in [5.74, 6) is 0.299. The van der Waals surface area contributed by atoms with E-state index in [0.717, 1.165) is 21.2 Å². The summed E-state index contributed by atoms with van der Waals surface area (Å²) in [4.78, 5) is 48.1. The van der Waals surface area contributed by atoms with Gasteiger partial charge in [-0.25, -0.2) is 9.97 Å². The standard InChI is InChI=1S/C22H33N3O3S2Si2/c1-12(26)18(31(3,4)5)16-10-23-21(29-16)15-9-14(15)20(28)25-22-24-11-17(30-22)19(13(2)27)32(6,7)8/h10-11,14-15,18-19H,9H2,1-8H3,(H,24,25,28). The molecule has 2 aromatic rings. The topological polar surface area (TPSA) is 89.0 Å². The van der Waals surface area contributed by atoms with E-state index < -0.39 is 16.1 Å². The summed E-state index contributed by atoms with van der Waals surface area (Å²) in [7, 11) is -3.43. The minimum Gasteiger partial charge on any atom is -0.302 e. The average Bonchev–Trinajstić information content (AvgIpc) is 3.06. The van der Waals surface area contributed by atoms with Crippen LogP contribution in [0.25, 0.3) is 0 Å². The van der Waals surface area contributed by atoms with E-state index in [9.17, 15) is 14.4 Å². The normalized spacial score (nSPS) is 20.5. The minimum atomic E-state index is -1.73. The van der Waals surface area contributed by atoms with Crippen molar-refractivity contribution in [3.05, 3.63) is 27.2 Å². The summed E-state index contributed by atoms with van der Waals surface area (Å²) >= 11 is 2.99. The second-order valence-electron chi connectivity index (χ2n) is 10.9. The van der Waals surface area contributed by atoms with Crippen LogP contribution in [0.4, 0.5) is 5.13 Å². The molecule has 0 radical (unpaired) electrons. The molecule has 0 bridgehead atoms. The molecule has 0 spiro atoms. The first-order chi connectivity index (χ1) is 14.7. The summed E-state index contributed by atoms with van der Waals surface area (Å²) in [6, 6.07) is 0. The van der Waals surface area contributed by atoms with Gasteiger partial charge in [-0.3, -0.25) is 14.4 Å². The van der Waals surface area contributed by atoms with Crippen LogP contribution < -0.4 is 5.32 Å². The molecule has 1 N–H and O–H groups in total. The maximum Gasteiger partial charge on any atom is 0.229 e. The summed E-state index contributed by atoms with van der Waals surface area (Å²) in [5.41, 5.74) is -0.150. The number of carbonyl (C=O) groups excluding carboxylic acids is 3. The zero-order valence-corrected chi connectivity index (χ0v) is 23.7. The lowest BCUT2D eigenvalue weighted by molar-refractivity contribution is -0.118. The van der Waals surface area contributed by atoms with E-state index in [1.807, 2.05) is 6.20 Å². The highest BCUT2D eigenvalue weighted by molar-refractivity contribution is 7.16. The van der Waals surface area contributed by atoms with Crippen molar-refractivity contribution >= 4 is 61.4 Å². The van der Waals surface area contributed by atoms with Crippen LogP contribution in [0.2, 0.25) is 39.3 Å². The molecule has 1 aliphatic carbocycles. The number of thiazole rings is 2. The quantitative estimate of drug-likeness (QED) is 0.456. The lowest BCUT2D eigenvalue weighted by Crippen LogP contribution is -2.35. The molecule has 0 saturated heterocycles. The molecule has 4 unspecified atom stereocenters. The van der Waals surface area contributed by atoms with Gasteiger partial charge in [0.15, 0.2) is 5.13 Å². The van der Waals surface area contributed by atoms with Gasteiger partial charge >= 0.3 is 0 Å². The molecule has 1 fully saturated rings. The molecule has 32 heavy (non-hydrogen) atoms. The van der Waals surface area contributed by atoms with Gasteiger partial charge in [0.1, 0.15) is 11.6 Å². The number of nitrogens with zero attached hydrogens (tertiary/aromatic N) is 2. The summed E-state index contributed by atoms with van der Waals surface area (Å²) in [6.07, 6.45) is 4.34. The van der Waals surface area contributed by atoms with Gasteiger partial charge in [0.05, 0.1) is 21.2 Å². The average molecular weight is 508 g/mol. The molecule has 10 heteroatoms. The number of rotatable bonds is 9. The van der Waals surface area contributed by atoms with Gasteiger partial charge in [-0.15, -0.1) is 22.7 Å². The Morgan fingerprint density at radius 3 is 1.91 bits per heavy atom. The van der Waals surface area contributed by atoms with Gasteiger partial charge in [-0.1, -0.05) is 39.3 Å². The van der Waals surface area contributed by atoms with Crippen molar-refractivity contribution in [3.8, 4) is 0 Å². The minimum absolute atomic E-state index is 0.0471. The predicted molar refractivity (Wildman–Crippen MR) is 137 cm³/mol. The van der Waals surface area contributed by atoms with Gasteiger partial charge in [0.2, 0.25) is 5.91 Å². The monoisotopic (exact) mass is 507 g/mol. The van der Waals surface area contributed by atoms with Crippen molar-refractivity contribution in [3.63, 3.8) is 0 Å². The number of ketones is 2. The molecule has 3 rings (SSSR count). The highest BCUT2D eigenvalue weighted by atomic mass is 32.1. The molecule has 0 aromatic carbocycles. The summed E-state index contributed by atoms with van der Waals surface area (Å²) in [5, 5.41) is 4.44. The molecular weight excluding hydrogens is 475 g/mol. The van der Waals surface area contributed by atoms with Crippen LogP contribution in [-0.2, 0) is 14.4 Å². The van der Waals surface area contributed by atoms with Crippen LogP contribution >= 0.6 is 22.7 Å². The van der Waals surface area contributed by atoms with Crippen molar-refractivity contribution in [1.29, 1.82) is 0 Å². The second-order valence-corrected chi connectivity index (χ2v) is 23.7. The number of Topliss-reactive ketones (excluding diaryl/α,β-unsaturated/α-hetero) is 2. The first-order valence-corrected chi connectivity index (χ1v) is 19.7. The fourth-order valence-electron chi connectivity index (χ4n) is 4.51. The first kappa shape index (κ1) is 25.1. The van der Waals surface area contributed by atoms with Gasteiger partial charge in [-0.2, -0.15) is 0 Å². The Hall–Kier alpha value is -1.50. The third kappa shape index (κ3) is 5.52. The van der Waals surface area contributed by atoms with E-state index in [4.69, 9.17) is 0 Å². The molecule has 2 aromatic heterocycles. The van der Waals surface area contributed by atoms with Crippen molar-refractivity contribution in [2.75, 3.05) is 5.32 Å². The first-order valence-electron chi connectivity index (χ1n) is 10.9. The van der Waals surface area contributed by atoms with E-state index in [0.29, 0.717) is 5.13 Å². The predicted octanol–water partition coefficient (Wildman–Crippen LogP) is 5.44. The third-order valence-electron chi connectivity index (χ3n) is 5.85. The molecular formula is C22H33N3O3S2Si2. The number of amides is 1. The number of nitrogens with one attached hydrogen (secondary N) is 1. The maximum atomic E-state index is 12.8. The number of hydrogen-bond donors (Lipinski definition) is 1. The van der Waals surface area contributed by atoms with Crippen molar-refractivity contribution in [2.24, 2.45) is 5.92 Å². The van der Waals surface area contributed by atoms with E-state index in [1.54, 1.807) is 31.4 Å². The number of anilines is 1. The molecule has 4 atom stereocenters. The molecule has 1 aliphatic rings. The van der Waals surface area contributed by atoms with Gasteiger partial charge < -0.3 is 5.32 Å². The van der Waals surface area contributed by atoms with Gasteiger partial charge in [0.25, 0.3) is 0 Å². The van der Waals surface area contributed by atoms with E-state index in [1.165, 1.54) is 11.3 Å². The van der Waals surface area contributed by atoms with Gasteiger partial charge in [-0.05, 0) is 20.3 Å². The highest BCUT2D eigenvalue weighted by Gasteiger charge is 2.47. The number of aromatic nitrogens is 2. The maximum absolute atomic E-state index is 12.8. The van der Waals surface area contributed by atoms with Crippen LogP contribution in [0.15, 0.2) is 12.4 Å². The van der Waals surface area contributed by atoms with Crippen molar-refractivity contribution in [1.82, 2.24) is 9.97 Å². The van der Waals surface area contributed by atoms with E-state index in [-0.39, 0.29) is 40.4 Å². The Morgan fingerprint density at radius 1 is 0.906 bits per heavy atom. The third-order valence-corrected chi connectivity index (χ3v) is 13.3. The summed E-state index contributed by atoms with van der Waals surface area (Å²) in [6.45, 7) is 16.4. The molecule has 2 heterocycles. The smallest absolute Gasteiger partial charge is 0.229 e. The fourth-order valence-corrected chi connectivity index (χ4v) is 13.3. The molecule has 174 valence electrons. The van der Waals surface area contributed by atoms with Gasteiger partial charge in [0, 0.05) is 45.1 Å². The number of carbonyl (C=O) groups is 3. The van der Waals surface area contributed by atoms with Crippen LogP contribution in [0, 0.1) is 5.92 Å². The van der Waals surface area contributed by atoms with E-state index in [2.05, 4.69) is 54.6 Å². The fraction of sp³-hybridized carbons (Fsp3) is 0.591. The van der Waals surface area contributed by atoms with Crippen LogP contribution in [0.5, 0.6) is 0 Å². The number of hydrogen-bond acceptors (Lipinski definition) is 7. The molecule has 1 amide bonds. The lowest BCUT2D eigenvalue weighted by Gasteiger charge is -2.25. The Labute approximate surface area is 200 Å². The molecule has 0 aliphatic heterocycles. The lowest BCUT2D eigenvalue weighted by atomic mass is 10.3. The molecule has 6 nitrogen and oxygen atoms in total. The SMILES string of the molecule is CC(=O)C(c1cnc(NC(=O)C2CC2c2ncc(C(C(C)=O)[Si](C)(C)C)s2)s1)[Si](C)(C)C. The largest absolute Gasteiger partial charge is 0.302 e. The molecule has 1 saturated carbocycles. The van der Waals surface area contributed by atoms with Crippen LogP contribution in [-0.4, -0.2) is 43.6 Å². The van der Waals surface area contributed by atoms with E-state index >= 15 is 0 Å². The zero-order valence-electron chi connectivity index (χ0n) is 20.1. The van der Waals surface area contributed by atoms with Crippen LogP contribution in [0.3, 0.4) is 0 Å². The Kier molecular flexibility index (Phi) is 7.10.